The molecule has 3 aromatic rings. The van der Waals surface area contributed by atoms with Crippen molar-refractivity contribution < 1.29 is 9.21 Å². The second-order valence-corrected chi connectivity index (χ2v) is 6.26. The lowest BCUT2D eigenvalue weighted by atomic mass is 10.1. The first-order chi connectivity index (χ1) is 11.1. The number of fused-ring (bicyclic) bond motifs is 1. The van der Waals surface area contributed by atoms with Crippen molar-refractivity contribution in [2.24, 2.45) is 7.05 Å². The molecule has 3 heterocycles. The molecule has 23 heavy (non-hydrogen) atoms. The molecule has 4 rings (SSSR count). The third kappa shape index (κ3) is 2.42. The molecule has 1 atom stereocenters. The van der Waals surface area contributed by atoms with Crippen molar-refractivity contribution in [3.05, 3.63) is 53.5 Å². The molecule has 1 saturated heterocycles. The maximum atomic E-state index is 12.9. The number of benzene rings is 1. The standard InChI is InChI=1S/C18H19N3O2/c1-12-5-6-16-13(8-12)9-17(23-16)18(22)21-7-3-4-15(21)14-10-19-20(2)11-14/h5-6,8-11,15H,3-4,7H2,1-2H3. The van der Waals surface area contributed by atoms with E-state index in [2.05, 4.69) is 5.10 Å². The van der Waals surface area contributed by atoms with E-state index in [4.69, 9.17) is 4.42 Å². The highest BCUT2D eigenvalue weighted by molar-refractivity contribution is 5.96. The first kappa shape index (κ1) is 14.1. The number of nitrogens with zero attached hydrogens (tertiary/aromatic N) is 3. The number of furan rings is 1. The molecular weight excluding hydrogens is 290 g/mol. The van der Waals surface area contributed by atoms with Gasteiger partial charge >= 0.3 is 0 Å². The van der Waals surface area contributed by atoms with Crippen molar-refractivity contribution in [3.63, 3.8) is 0 Å². The largest absolute Gasteiger partial charge is 0.451 e. The van der Waals surface area contributed by atoms with E-state index >= 15 is 0 Å². The van der Waals surface area contributed by atoms with E-state index in [1.165, 1.54) is 0 Å². The van der Waals surface area contributed by atoms with Gasteiger partial charge in [-0.25, -0.2) is 0 Å². The summed E-state index contributed by atoms with van der Waals surface area (Å²) in [5.74, 6) is 0.381. The lowest BCUT2D eigenvalue weighted by molar-refractivity contribution is 0.0705. The Morgan fingerprint density at radius 1 is 1.35 bits per heavy atom. The Labute approximate surface area is 134 Å². The van der Waals surface area contributed by atoms with E-state index < -0.39 is 0 Å². The molecule has 1 aromatic carbocycles. The van der Waals surface area contributed by atoms with Crippen molar-refractivity contribution in [3.8, 4) is 0 Å². The molecule has 1 aliphatic heterocycles. The van der Waals surface area contributed by atoms with Crippen molar-refractivity contribution in [2.45, 2.75) is 25.8 Å². The number of hydrogen-bond donors (Lipinski definition) is 0. The fraction of sp³-hybridized carbons (Fsp3) is 0.333. The Hall–Kier alpha value is -2.56. The quantitative estimate of drug-likeness (QED) is 0.728. The first-order valence-corrected chi connectivity index (χ1v) is 7.91. The number of likely N-dealkylation sites (tertiary alicyclic amines) is 1. The van der Waals surface area contributed by atoms with Crippen molar-refractivity contribution in [1.82, 2.24) is 14.7 Å². The number of carbonyl (C=O) groups excluding carboxylic acids is 1. The second-order valence-electron chi connectivity index (χ2n) is 6.26. The summed E-state index contributed by atoms with van der Waals surface area (Å²) in [7, 11) is 1.90. The van der Waals surface area contributed by atoms with Gasteiger partial charge < -0.3 is 9.32 Å². The second kappa shape index (κ2) is 5.26. The smallest absolute Gasteiger partial charge is 0.290 e. The number of aryl methyl sites for hydroxylation is 2. The number of hydrogen-bond acceptors (Lipinski definition) is 3. The van der Waals surface area contributed by atoms with Gasteiger partial charge in [0.05, 0.1) is 12.2 Å². The molecule has 0 spiro atoms. The summed E-state index contributed by atoms with van der Waals surface area (Å²) in [4.78, 5) is 14.8. The third-order valence-electron chi connectivity index (χ3n) is 4.51. The van der Waals surface area contributed by atoms with Crippen LogP contribution in [0, 0.1) is 6.92 Å². The minimum Gasteiger partial charge on any atom is -0.451 e. The van der Waals surface area contributed by atoms with Gasteiger partial charge in [0.25, 0.3) is 5.91 Å². The summed E-state index contributed by atoms with van der Waals surface area (Å²) in [6.45, 7) is 2.79. The van der Waals surface area contributed by atoms with Crippen LogP contribution in [0.1, 0.15) is 40.6 Å². The minimum atomic E-state index is -0.0368. The Balaban J connectivity index is 1.66. The van der Waals surface area contributed by atoms with Gasteiger partial charge in [-0.15, -0.1) is 0 Å². The van der Waals surface area contributed by atoms with E-state index in [1.54, 1.807) is 4.68 Å². The van der Waals surface area contributed by atoms with Crippen LogP contribution in [0.5, 0.6) is 0 Å². The lowest BCUT2D eigenvalue weighted by Crippen LogP contribution is -2.30. The number of aromatic nitrogens is 2. The van der Waals surface area contributed by atoms with Gasteiger partial charge in [0.1, 0.15) is 5.58 Å². The maximum Gasteiger partial charge on any atom is 0.290 e. The molecule has 1 aliphatic rings. The van der Waals surface area contributed by atoms with Crippen LogP contribution >= 0.6 is 0 Å². The van der Waals surface area contributed by atoms with Crippen LogP contribution in [-0.4, -0.2) is 27.1 Å². The van der Waals surface area contributed by atoms with Crippen LogP contribution < -0.4 is 0 Å². The Kier molecular flexibility index (Phi) is 3.22. The molecular formula is C18H19N3O2. The SMILES string of the molecule is Cc1ccc2oc(C(=O)N3CCCC3c3cnn(C)c3)cc2c1. The first-order valence-electron chi connectivity index (χ1n) is 7.91. The summed E-state index contributed by atoms with van der Waals surface area (Å²) in [6.07, 6.45) is 5.80. The average Bonchev–Trinajstić information content (AvgIpc) is 3.23. The predicted molar refractivity (Wildman–Crippen MR) is 87.2 cm³/mol. The molecule has 1 amide bonds. The zero-order chi connectivity index (χ0) is 16.0. The van der Waals surface area contributed by atoms with Gasteiger partial charge in [-0.3, -0.25) is 9.48 Å². The van der Waals surface area contributed by atoms with E-state index in [0.717, 1.165) is 41.5 Å². The van der Waals surface area contributed by atoms with Crippen molar-refractivity contribution in [1.29, 1.82) is 0 Å². The molecule has 0 radical (unpaired) electrons. The minimum absolute atomic E-state index is 0.0368. The van der Waals surface area contributed by atoms with Crippen LogP contribution in [0.3, 0.4) is 0 Å². The summed E-state index contributed by atoms with van der Waals surface area (Å²) in [6, 6.07) is 7.89. The molecule has 2 aromatic heterocycles. The predicted octanol–water partition coefficient (Wildman–Crippen LogP) is 3.45. The van der Waals surface area contributed by atoms with Gasteiger partial charge in [0.2, 0.25) is 0 Å². The van der Waals surface area contributed by atoms with Crippen molar-refractivity contribution >= 4 is 16.9 Å². The Morgan fingerprint density at radius 2 is 2.22 bits per heavy atom. The summed E-state index contributed by atoms with van der Waals surface area (Å²) < 4.78 is 7.55. The number of rotatable bonds is 2. The lowest BCUT2D eigenvalue weighted by Gasteiger charge is -2.22. The van der Waals surface area contributed by atoms with Crippen LogP contribution in [0.4, 0.5) is 0 Å². The van der Waals surface area contributed by atoms with E-state index in [9.17, 15) is 4.79 Å². The fourth-order valence-corrected chi connectivity index (χ4v) is 3.38. The highest BCUT2D eigenvalue weighted by Gasteiger charge is 2.32. The van der Waals surface area contributed by atoms with Gasteiger partial charge in [-0.2, -0.15) is 5.10 Å². The van der Waals surface area contributed by atoms with E-state index in [1.807, 2.05) is 55.5 Å². The average molecular weight is 309 g/mol. The molecule has 118 valence electrons. The molecule has 0 N–H and O–H groups in total. The third-order valence-corrected chi connectivity index (χ3v) is 4.51. The fourth-order valence-electron chi connectivity index (χ4n) is 3.38. The van der Waals surface area contributed by atoms with E-state index in [-0.39, 0.29) is 11.9 Å². The summed E-state index contributed by atoms with van der Waals surface area (Å²) in [5.41, 5.74) is 3.01. The molecule has 0 aliphatic carbocycles. The van der Waals surface area contributed by atoms with Crippen molar-refractivity contribution in [2.75, 3.05) is 6.54 Å². The van der Waals surface area contributed by atoms with Crippen LogP contribution in [0.25, 0.3) is 11.0 Å². The number of amides is 1. The number of carbonyl (C=O) groups is 1. The highest BCUT2D eigenvalue weighted by Crippen LogP contribution is 2.33. The highest BCUT2D eigenvalue weighted by atomic mass is 16.3. The zero-order valence-electron chi connectivity index (χ0n) is 13.3. The van der Waals surface area contributed by atoms with Gasteiger partial charge in [-0.05, 0) is 38.0 Å². The Morgan fingerprint density at radius 3 is 3.00 bits per heavy atom. The maximum absolute atomic E-state index is 12.9. The van der Waals surface area contributed by atoms with Crippen LogP contribution in [0.15, 0.2) is 41.1 Å². The molecule has 1 fully saturated rings. The monoisotopic (exact) mass is 309 g/mol. The molecule has 0 bridgehead atoms. The molecule has 1 unspecified atom stereocenters. The molecule has 0 saturated carbocycles. The summed E-state index contributed by atoms with van der Waals surface area (Å²) in [5, 5.41) is 5.20. The van der Waals surface area contributed by atoms with Gasteiger partial charge in [-0.1, -0.05) is 11.6 Å². The summed E-state index contributed by atoms with van der Waals surface area (Å²) >= 11 is 0. The van der Waals surface area contributed by atoms with Gasteiger partial charge in [0, 0.05) is 30.7 Å². The molecule has 5 heteroatoms. The normalized spacial score (nSPS) is 18.0. The Bertz CT molecular complexity index is 877. The van der Waals surface area contributed by atoms with Crippen LogP contribution in [-0.2, 0) is 7.05 Å². The van der Waals surface area contributed by atoms with Crippen LogP contribution in [0.2, 0.25) is 0 Å². The van der Waals surface area contributed by atoms with E-state index in [0.29, 0.717) is 5.76 Å². The molecule has 5 nitrogen and oxygen atoms in total. The van der Waals surface area contributed by atoms with Gasteiger partial charge in [0.15, 0.2) is 5.76 Å². The topological polar surface area (TPSA) is 51.3 Å². The zero-order valence-corrected chi connectivity index (χ0v) is 13.3.